The van der Waals surface area contributed by atoms with Crippen LogP contribution in [-0.2, 0) is 6.42 Å². The van der Waals surface area contributed by atoms with E-state index in [1.165, 1.54) is 50.9 Å². The van der Waals surface area contributed by atoms with Gasteiger partial charge in [-0.05, 0) is 54.7 Å². The van der Waals surface area contributed by atoms with Gasteiger partial charge in [0.05, 0.1) is 0 Å². The third kappa shape index (κ3) is 4.09. The van der Waals surface area contributed by atoms with Gasteiger partial charge < -0.3 is 5.32 Å². The summed E-state index contributed by atoms with van der Waals surface area (Å²) in [5, 5.41) is 7.96. The van der Waals surface area contributed by atoms with Crippen LogP contribution < -0.4 is 5.32 Å². The zero-order valence-corrected chi connectivity index (χ0v) is 11.6. The number of likely N-dealkylation sites (N-methyl/N-ethyl adjacent to an activating group) is 1. The van der Waals surface area contributed by atoms with E-state index in [2.05, 4.69) is 34.0 Å². The molecule has 0 amide bonds. The Bertz CT molecular complexity index is 297. The molecule has 2 nitrogen and oxygen atoms in total. The minimum atomic E-state index is 0.766. The minimum absolute atomic E-state index is 0.766. The predicted molar refractivity (Wildman–Crippen MR) is 75.8 cm³/mol. The van der Waals surface area contributed by atoms with E-state index < -0.39 is 0 Å². The van der Waals surface area contributed by atoms with Gasteiger partial charge in [0, 0.05) is 19.1 Å². The summed E-state index contributed by atoms with van der Waals surface area (Å²) in [5.74, 6) is 0. The van der Waals surface area contributed by atoms with Crippen LogP contribution in [0.2, 0.25) is 0 Å². The Morgan fingerprint density at radius 2 is 2.41 bits per heavy atom. The van der Waals surface area contributed by atoms with Gasteiger partial charge in [0.1, 0.15) is 0 Å². The standard InChI is InChI=1S/C14H24N2S/c1-2-15-11-14-5-3-4-8-16(14)9-6-13-7-10-17-12-13/h7,10,12,14-15H,2-6,8-9,11H2,1H3. The van der Waals surface area contributed by atoms with Gasteiger partial charge in [0.15, 0.2) is 0 Å². The fraction of sp³-hybridized carbons (Fsp3) is 0.714. The summed E-state index contributed by atoms with van der Waals surface area (Å²) in [6, 6.07) is 3.02. The summed E-state index contributed by atoms with van der Waals surface area (Å²) in [7, 11) is 0. The molecule has 1 fully saturated rings. The van der Waals surface area contributed by atoms with Crippen LogP contribution in [0.15, 0.2) is 16.8 Å². The summed E-state index contributed by atoms with van der Waals surface area (Å²) >= 11 is 1.81. The molecule has 1 aromatic heterocycles. The van der Waals surface area contributed by atoms with E-state index in [4.69, 9.17) is 0 Å². The number of thiophene rings is 1. The summed E-state index contributed by atoms with van der Waals surface area (Å²) in [5.41, 5.74) is 1.50. The van der Waals surface area contributed by atoms with Crippen LogP contribution in [-0.4, -0.2) is 37.1 Å². The predicted octanol–water partition coefficient (Wildman–Crippen LogP) is 2.75. The van der Waals surface area contributed by atoms with E-state index in [-0.39, 0.29) is 0 Å². The van der Waals surface area contributed by atoms with E-state index in [1.54, 1.807) is 0 Å². The average molecular weight is 252 g/mol. The molecular formula is C14H24N2S. The molecule has 17 heavy (non-hydrogen) atoms. The first-order chi connectivity index (χ1) is 8.40. The van der Waals surface area contributed by atoms with Gasteiger partial charge in [-0.3, -0.25) is 4.90 Å². The van der Waals surface area contributed by atoms with Crippen molar-refractivity contribution >= 4 is 11.3 Å². The number of rotatable bonds is 6. The average Bonchev–Trinajstić information content (AvgIpc) is 2.88. The first-order valence-electron chi connectivity index (χ1n) is 6.86. The molecule has 96 valence electrons. The lowest BCUT2D eigenvalue weighted by atomic mass is 10.0. The van der Waals surface area contributed by atoms with Crippen molar-refractivity contribution in [2.45, 2.75) is 38.6 Å². The number of likely N-dealkylation sites (tertiary alicyclic amines) is 1. The van der Waals surface area contributed by atoms with Gasteiger partial charge in [-0.2, -0.15) is 11.3 Å². The van der Waals surface area contributed by atoms with Gasteiger partial charge in [0.25, 0.3) is 0 Å². The summed E-state index contributed by atoms with van der Waals surface area (Å²) in [6.07, 6.45) is 5.38. The number of piperidine rings is 1. The Hall–Kier alpha value is -0.380. The molecule has 0 radical (unpaired) electrons. The zero-order chi connectivity index (χ0) is 11.9. The highest BCUT2D eigenvalue weighted by molar-refractivity contribution is 7.07. The molecule has 0 spiro atoms. The van der Waals surface area contributed by atoms with E-state index in [9.17, 15) is 0 Å². The molecule has 1 aliphatic rings. The Morgan fingerprint density at radius 3 is 3.18 bits per heavy atom. The van der Waals surface area contributed by atoms with E-state index in [0.29, 0.717) is 0 Å². The summed E-state index contributed by atoms with van der Waals surface area (Å²) < 4.78 is 0. The molecule has 3 heteroatoms. The zero-order valence-electron chi connectivity index (χ0n) is 10.8. The Kier molecular flexibility index (Phi) is 5.49. The minimum Gasteiger partial charge on any atom is -0.315 e. The van der Waals surface area contributed by atoms with E-state index in [1.807, 2.05) is 11.3 Å². The second-order valence-corrected chi connectivity index (χ2v) is 5.65. The largest absolute Gasteiger partial charge is 0.315 e. The number of hydrogen-bond acceptors (Lipinski definition) is 3. The van der Waals surface area contributed by atoms with Crippen molar-refractivity contribution in [2.24, 2.45) is 0 Å². The van der Waals surface area contributed by atoms with Crippen molar-refractivity contribution < 1.29 is 0 Å². The maximum absolute atomic E-state index is 3.50. The van der Waals surface area contributed by atoms with Crippen molar-refractivity contribution in [3.8, 4) is 0 Å². The van der Waals surface area contributed by atoms with Crippen LogP contribution in [0.1, 0.15) is 31.7 Å². The molecule has 0 aliphatic carbocycles. The fourth-order valence-electron chi connectivity index (χ4n) is 2.60. The van der Waals surface area contributed by atoms with E-state index >= 15 is 0 Å². The molecule has 0 saturated carbocycles. The summed E-state index contributed by atoms with van der Waals surface area (Å²) in [6.45, 7) is 6.97. The SMILES string of the molecule is CCNCC1CCCCN1CCc1ccsc1. The molecule has 2 heterocycles. The van der Waals surface area contributed by atoms with Gasteiger partial charge in [-0.15, -0.1) is 0 Å². The van der Waals surface area contributed by atoms with Crippen LogP contribution in [0.4, 0.5) is 0 Å². The highest BCUT2D eigenvalue weighted by Gasteiger charge is 2.21. The normalized spacial score (nSPS) is 21.8. The van der Waals surface area contributed by atoms with Gasteiger partial charge >= 0.3 is 0 Å². The molecular weight excluding hydrogens is 228 g/mol. The maximum Gasteiger partial charge on any atom is 0.0220 e. The monoisotopic (exact) mass is 252 g/mol. The topological polar surface area (TPSA) is 15.3 Å². The Morgan fingerprint density at radius 1 is 1.47 bits per heavy atom. The lowest BCUT2D eigenvalue weighted by Gasteiger charge is -2.35. The van der Waals surface area contributed by atoms with E-state index in [0.717, 1.165) is 12.6 Å². The highest BCUT2D eigenvalue weighted by Crippen LogP contribution is 2.17. The third-order valence-corrected chi connectivity index (χ3v) is 4.38. The van der Waals surface area contributed by atoms with Gasteiger partial charge in [0.2, 0.25) is 0 Å². The molecule has 0 aromatic carbocycles. The van der Waals surface area contributed by atoms with Crippen LogP contribution in [0, 0.1) is 0 Å². The maximum atomic E-state index is 3.50. The molecule has 1 N–H and O–H groups in total. The van der Waals surface area contributed by atoms with Crippen molar-refractivity contribution in [3.05, 3.63) is 22.4 Å². The molecule has 2 rings (SSSR count). The van der Waals surface area contributed by atoms with Crippen LogP contribution in [0.25, 0.3) is 0 Å². The van der Waals surface area contributed by atoms with Crippen molar-refractivity contribution in [3.63, 3.8) is 0 Å². The lowest BCUT2D eigenvalue weighted by molar-refractivity contribution is 0.148. The second kappa shape index (κ2) is 7.14. The molecule has 0 bridgehead atoms. The van der Waals surface area contributed by atoms with Gasteiger partial charge in [-0.25, -0.2) is 0 Å². The van der Waals surface area contributed by atoms with Crippen molar-refractivity contribution in [1.82, 2.24) is 10.2 Å². The van der Waals surface area contributed by atoms with Crippen LogP contribution >= 0.6 is 11.3 Å². The number of nitrogens with one attached hydrogen (secondary N) is 1. The quantitative estimate of drug-likeness (QED) is 0.837. The smallest absolute Gasteiger partial charge is 0.0220 e. The molecule has 1 unspecified atom stereocenters. The first-order valence-corrected chi connectivity index (χ1v) is 7.80. The number of hydrogen-bond donors (Lipinski definition) is 1. The van der Waals surface area contributed by atoms with Crippen molar-refractivity contribution in [2.75, 3.05) is 26.2 Å². The number of nitrogens with zero attached hydrogens (tertiary/aromatic N) is 1. The van der Waals surface area contributed by atoms with Gasteiger partial charge in [-0.1, -0.05) is 13.3 Å². The Labute approximate surface area is 109 Å². The molecule has 1 aliphatic heterocycles. The molecule has 1 saturated heterocycles. The summed E-state index contributed by atoms with van der Waals surface area (Å²) in [4.78, 5) is 2.68. The fourth-order valence-corrected chi connectivity index (χ4v) is 3.31. The second-order valence-electron chi connectivity index (χ2n) is 4.87. The molecule has 1 atom stereocenters. The van der Waals surface area contributed by atoms with Crippen molar-refractivity contribution in [1.29, 1.82) is 0 Å². The van der Waals surface area contributed by atoms with Crippen LogP contribution in [0.5, 0.6) is 0 Å². The lowest BCUT2D eigenvalue weighted by Crippen LogP contribution is -2.46. The van der Waals surface area contributed by atoms with Crippen LogP contribution in [0.3, 0.4) is 0 Å². The Balaban J connectivity index is 1.79. The third-order valence-electron chi connectivity index (χ3n) is 3.65. The highest BCUT2D eigenvalue weighted by atomic mass is 32.1. The molecule has 1 aromatic rings. The first kappa shape index (κ1) is 13.1.